The van der Waals surface area contributed by atoms with Crippen LogP contribution in [-0.2, 0) is 17.9 Å². The average molecular weight is 348 g/mol. The van der Waals surface area contributed by atoms with Crippen molar-refractivity contribution in [3.63, 3.8) is 0 Å². The molecule has 8 heteroatoms. The zero-order valence-electron chi connectivity index (χ0n) is 12.9. The van der Waals surface area contributed by atoms with Crippen molar-refractivity contribution in [3.05, 3.63) is 64.8 Å². The number of anilines is 1. The third-order valence-electron chi connectivity index (χ3n) is 3.34. The molecule has 0 radical (unpaired) electrons. The molecule has 0 aliphatic rings. The number of amides is 1. The van der Waals surface area contributed by atoms with Crippen molar-refractivity contribution < 1.29 is 9.18 Å². The molecule has 0 saturated heterocycles. The average Bonchev–Trinajstić information content (AvgIpc) is 3.11. The second-order valence-electron chi connectivity index (χ2n) is 5.34. The highest BCUT2D eigenvalue weighted by Crippen LogP contribution is 2.18. The first kappa shape index (κ1) is 16.2. The Kier molecular flexibility index (Phi) is 4.61. The van der Waals surface area contributed by atoms with Crippen molar-refractivity contribution in [1.82, 2.24) is 19.6 Å². The smallest absolute Gasteiger partial charge is 0.247 e. The standard InChI is InChI=1S/C16H15ClFN5O/c1-11-4-6-23(20-11)10-16(24)19-15-5-7-22(21-15)9-12-2-3-13(18)8-14(12)17/h2-8H,9-10H2,1H3,(H,19,21,24). The molecule has 3 aromatic rings. The number of nitrogens with one attached hydrogen (secondary N) is 1. The number of hydrogen-bond donors (Lipinski definition) is 1. The molecule has 0 bridgehead atoms. The maximum atomic E-state index is 13.1. The quantitative estimate of drug-likeness (QED) is 0.771. The second-order valence-corrected chi connectivity index (χ2v) is 5.74. The summed E-state index contributed by atoms with van der Waals surface area (Å²) in [7, 11) is 0. The topological polar surface area (TPSA) is 64.7 Å². The van der Waals surface area contributed by atoms with Crippen molar-refractivity contribution >= 4 is 23.3 Å². The molecule has 6 nitrogen and oxygen atoms in total. The zero-order chi connectivity index (χ0) is 17.1. The van der Waals surface area contributed by atoms with Gasteiger partial charge in [0.15, 0.2) is 5.82 Å². The third-order valence-corrected chi connectivity index (χ3v) is 3.69. The minimum Gasteiger partial charge on any atom is -0.308 e. The molecule has 1 aromatic carbocycles. The Balaban J connectivity index is 1.61. The number of aromatic nitrogens is 4. The maximum Gasteiger partial charge on any atom is 0.247 e. The van der Waals surface area contributed by atoms with Crippen molar-refractivity contribution in [3.8, 4) is 0 Å². The van der Waals surface area contributed by atoms with E-state index in [0.29, 0.717) is 17.4 Å². The van der Waals surface area contributed by atoms with Gasteiger partial charge in [-0.15, -0.1) is 0 Å². The lowest BCUT2D eigenvalue weighted by atomic mass is 10.2. The van der Waals surface area contributed by atoms with Crippen LogP contribution in [0, 0.1) is 12.7 Å². The SMILES string of the molecule is Cc1ccn(CC(=O)Nc2ccn(Cc3ccc(F)cc3Cl)n2)n1. The van der Waals surface area contributed by atoms with E-state index in [-0.39, 0.29) is 18.3 Å². The highest BCUT2D eigenvalue weighted by atomic mass is 35.5. The number of benzene rings is 1. The summed E-state index contributed by atoms with van der Waals surface area (Å²) < 4.78 is 16.2. The number of carbonyl (C=O) groups excluding carboxylic acids is 1. The van der Waals surface area contributed by atoms with E-state index in [2.05, 4.69) is 15.5 Å². The summed E-state index contributed by atoms with van der Waals surface area (Å²) in [5.74, 6) is -0.170. The van der Waals surface area contributed by atoms with E-state index in [9.17, 15) is 9.18 Å². The van der Waals surface area contributed by atoms with Gasteiger partial charge in [-0.2, -0.15) is 10.2 Å². The van der Waals surface area contributed by atoms with Gasteiger partial charge < -0.3 is 5.32 Å². The Morgan fingerprint density at radius 2 is 2.00 bits per heavy atom. The van der Waals surface area contributed by atoms with E-state index in [0.717, 1.165) is 11.3 Å². The Morgan fingerprint density at radius 3 is 2.71 bits per heavy atom. The van der Waals surface area contributed by atoms with Crippen LogP contribution < -0.4 is 5.32 Å². The van der Waals surface area contributed by atoms with Gasteiger partial charge in [0.1, 0.15) is 12.4 Å². The van der Waals surface area contributed by atoms with Crippen molar-refractivity contribution in [1.29, 1.82) is 0 Å². The molecule has 0 fully saturated rings. The van der Waals surface area contributed by atoms with Crippen LogP contribution in [-0.4, -0.2) is 25.5 Å². The molecule has 2 aromatic heterocycles. The van der Waals surface area contributed by atoms with Crippen molar-refractivity contribution in [2.24, 2.45) is 0 Å². The molecule has 24 heavy (non-hydrogen) atoms. The monoisotopic (exact) mass is 347 g/mol. The van der Waals surface area contributed by atoms with E-state index in [4.69, 9.17) is 11.6 Å². The second kappa shape index (κ2) is 6.84. The highest BCUT2D eigenvalue weighted by Gasteiger charge is 2.08. The summed E-state index contributed by atoms with van der Waals surface area (Å²) >= 11 is 6.00. The fourth-order valence-corrected chi connectivity index (χ4v) is 2.45. The number of rotatable bonds is 5. The van der Waals surface area contributed by atoms with E-state index >= 15 is 0 Å². The van der Waals surface area contributed by atoms with Gasteiger partial charge in [-0.3, -0.25) is 14.2 Å². The Hall–Kier alpha value is -2.67. The maximum absolute atomic E-state index is 13.1. The molecule has 1 N–H and O–H groups in total. The predicted molar refractivity (Wildman–Crippen MR) is 88.3 cm³/mol. The summed E-state index contributed by atoms with van der Waals surface area (Å²) in [4.78, 5) is 12.0. The van der Waals surface area contributed by atoms with Crippen LogP contribution in [0.5, 0.6) is 0 Å². The molecule has 1 amide bonds. The Morgan fingerprint density at radius 1 is 1.21 bits per heavy atom. The van der Waals surface area contributed by atoms with E-state index in [1.54, 1.807) is 33.9 Å². The van der Waals surface area contributed by atoms with Gasteiger partial charge in [0, 0.05) is 23.5 Å². The van der Waals surface area contributed by atoms with Crippen LogP contribution in [0.15, 0.2) is 42.7 Å². The molecule has 0 aliphatic heterocycles. The van der Waals surface area contributed by atoms with Gasteiger partial charge in [0.2, 0.25) is 5.91 Å². The lowest BCUT2D eigenvalue weighted by Crippen LogP contribution is -2.19. The van der Waals surface area contributed by atoms with Crippen molar-refractivity contribution in [2.45, 2.75) is 20.0 Å². The van der Waals surface area contributed by atoms with Crippen LogP contribution in [0.3, 0.4) is 0 Å². The summed E-state index contributed by atoms with van der Waals surface area (Å²) in [5.41, 5.74) is 1.59. The van der Waals surface area contributed by atoms with Gasteiger partial charge >= 0.3 is 0 Å². The van der Waals surface area contributed by atoms with E-state index < -0.39 is 0 Å². The predicted octanol–water partition coefficient (Wildman–Crippen LogP) is 2.87. The molecule has 0 aliphatic carbocycles. The first-order valence-corrected chi connectivity index (χ1v) is 7.65. The first-order chi connectivity index (χ1) is 11.5. The molecule has 3 rings (SSSR count). The van der Waals surface area contributed by atoms with Gasteiger partial charge in [0.25, 0.3) is 0 Å². The first-order valence-electron chi connectivity index (χ1n) is 7.27. The van der Waals surface area contributed by atoms with E-state index in [1.807, 2.05) is 13.0 Å². The summed E-state index contributed by atoms with van der Waals surface area (Å²) in [6, 6.07) is 7.73. The molecular formula is C16H15ClFN5O. The Labute approximate surface area is 142 Å². The van der Waals surface area contributed by atoms with Crippen LogP contribution in [0.25, 0.3) is 0 Å². The van der Waals surface area contributed by atoms with E-state index in [1.165, 1.54) is 12.1 Å². The van der Waals surface area contributed by atoms with Crippen molar-refractivity contribution in [2.75, 3.05) is 5.32 Å². The van der Waals surface area contributed by atoms with Crippen LogP contribution in [0.2, 0.25) is 5.02 Å². The van der Waals surface area contributed by atoms with Gasteiger partial charge in [-0.25, -0.2) is 4.39 Å². The molecular weight excluding hydrogens is 333 g/mol. The van der Waals surface area contributed by atoms with Crippen LogP contribution >= 0.6 is 11.6 Å². The van der Waals surface area contributed by atoms with Crippen LogP contribution in [0.4, 0.5) is 10.2 Å². The minimum absolute atomic E-state index is 0.116. The third kappa shape index (κ3) is 3.99. The minimum atomic E-state index is -0.383. The Bertz CT molecular complexity index is 873. The molecule has 0 saturated carbocycles. The highest BCUT2D eigenvalue weighted by molar-refractivity contribution is 6.31. The van der Waals surface area contributed by atoms with Gasteiger partial charge in [-0.1, -0.05) is 17.7 Å². The lowest BCUT2D eigenvalue weighted by Gasteiger charge is -2.05. The fourth-order valence-electron chi connectivity index (χ4n) is 2.22. The number of carbonyl (C=O) groups is 1. The largest absolute Gasteiger partial charge is 0.308 e. The van der Waals surface area contributed by atoms with Gasteiger partial charge in [0.05, 0.1) is 12.2 Å². The van der Waals surface area contributed by atoms with Crippen LogP contribution in [0.1, 0.15) is 11.3 Å². The fraction of sp³-hybridized carbons (Fsp3) is 0.188. The number of hydrogen-bond acceptors (Lipinski definition) is 3. The molecule has 124 valence electrons. The summed E-state index contributed by atoms with van der Waals surface area (Å²) in [6.07, 6.45) is 3.46. The molecule has 0 unspecified atom stereocenters. The zero-order valence-corrected chi connectivity index (χ0v) is 13.7. The number of halogens is 2. The van der Waals surface area contributed by atoms with Gasteiger partial charge in [-0.05, 0) is 30.7 Å². The summed E-state index contributed by atoms with van der Waals surface area (Å²) in [6.45, 7) is 2.36. The normalized spacial score (nSPS) is 10.8. The summed E-state index contributed by atoms with van der Waals surface area (Å²) in [5, 5.41) is 11.5. The number of aryl methyl sites for hydroxylation is 1. The lowest BCUT2D eigenvalue weighted by molar-refractivity contribution is -0.116. The molecule has 0 atom stereocenters. The molecule has 0 spiro atoms. The number of nitrogens with zero attached hydrogens (tertiary/aromatic N) is 4. The molecule has 2 heterocycles.